The van der Waals surface area contributed by atoms with Crippen LogP contribution in [0.15, 0.2) is 36.7 Å². The van der Waals surface area contributed by atoms with Crippen LogP contribution in [0.5, 0.6) is 0 Å². The minimum atomic E-state index is 0.219. The fraction of sp³-hybridized carbons (Fsp3) is 0.294. The Morgan fingerprint density at radius 2 is 2.09 bits per heavy atom. The molecule has 1 aromatic carbocycles. The minimum Gasteiger partial charge on any atom is -0.363 e. The van der Waals surface area contributed by atoms with Gasteiger partial charge < -0.3 is 10.6 Å². The number of thiophene rings is 1. The van der Waals surface area contributed by atoms with Crippen molar-refractivity contribution in [2.75, 3.05) is 11.9 Å². The summed E-state index contributed by atoms with van der Waals surface area (Å²) in [5.41, 5.74) is 2.68. The Morgan fingerprint density at radius 3 is 2.95 bits per heavy atom. The van der Waals surface area contributed by atoms with E-state index in [9.17, 15) is 0 Å². The molecule has 0 saturated heterocycles. The molecular formula is C17H18N4S. The Balaban J connectivity index is 1.74. The predicted molar refractivity (Wildman–Crippen MR) is 91.3 cm³/mol. The van der Waals surface area contributed by atoms with Crippen molar-refractivity contribution in [2.24, 2.45) is 0 Å². The molecule has 22 heavy (non-hydrogen) atoms. The zero-order chi connectivity index (χ0) is 14.9. The van der Waals surface area contributed by atoms with E-state index in [0.717, 1.165) is 30.2 Å². The summed E-state index contributed by atoms with van der Waals surface area (Å²) in [6.45, 7) is 4.15. The summed E-state index contributed by atoms with van der Waals surface area (Å²) in [4.78, 5) is 11.5. The van der Waals surface area contributed by atoms with Crippen molar-refractivity contribution >= 4 is 27.4 Å². The van der Waals surface area contributed by atoms with Crippen molar-refractivity contribution < 1.29 is 0 Å². The highest BCUT2D eigenvalue weighted by atomic mass is 32.1. The van der Waals surface area contributed by atoms with Gasteiger partial charge in [-0.05, 0) is 31.0 Å². The lowest BCUT2D eigenvalue weighted by atomic mass is 10.1. The van der Waals surface area contributed by atoms with Crippen LogP contribution < -0.4 is 10.6 Å². The van der Waals surface area contributed by atoms with Crippen LogP contribution in [0.1, 0.15) is 29.0 Å². The largest absolute Gasteiger partial charge is 0.363 e. The molecule has 0 saturated carbocycles. The third-order valence-electron chi connectivity index (χ3n) is 4.16. The third kappa shape index (κ3) is 2.36. The summed E-state index contributed by atoms with van der Waals surface area (Å²) >= 11 is 1.78. The second kappa shape index (κ2) is 5.66. The zero-order valence-electron chi connectivity index (χ0n) is 12.5. The molecule has 112 valence electrons. The van der Waals surface area contributed by atoms with Gasteiger partial charge in [0.1, 0.15) is 17.0 Å². The zero-order valence-corrected chi connectivity index (χ0v) is 13.3. The van der Waals surface area contributed by atoms with Crippen molar-refractivity contribution in [3.63, 3.8) is 0 Å². The molecule has 2 N–H and O–H groups in total. The van der Waals surface area contributed by atoms with Gasteiger partial charge in [0.2, 0.25) is 0 Å². The van der Waals surface area contributed by atoms with Gasteiger partial charge in [-0.2, -0.15) is 0 Å². The number of nitrogens with zero attached hydrogens (tertiary/aromatic N) is 2. The Labute approximate surface area is 133 Å². The molecule has 2 aromatic heterocycles. The van der Waals surface area contributed by atoms with Crippen LogP contribution >= 0.6 is 11.3 Å². The number of nitrogens with one attached hydrogen (secondary N) is 2. The van der Waals surface area contributed by atoms with E-state index in [1.54, 1.807) is 17.7 Å². The first-order chi connectivity index (χ1) is 10.8. The quantitative estimate of drug-likeness (QED) is 0.777. The molecule has 3 aromatic rings. The van der Waals surface area contributed by atoms with E-state index < -0.39 is 0 Å². The summed E-state index contributed by atoms with van der Waals surface area (Å²) in [6, 6.07) is 10.7. The van der Waals surface area contributed by atoms with E-state index in [1.807, 2.05) is 6.07 Å². The maximum absolute atomic E-state index is 4.52. The molecule has 0 amide bonds. The standard InChI is InChI=1S/C17H18N4S/c1-11(12-5-3-2-4-6-12)21-16-15-13-7-8-18-9-14(13)22-17(15)20-10-19-16/h2-6,10-11,18H,7-9H2,1H3,(H,19,20,21)/t11-/m1/s1. The van der Waals surface area contributed by atoms with Gasteiger partial charge in [0, 0.05) is 17.5 Å². The molecular weight excluding hydrogens is 292 g/mol. The molecule has 0 fully saturated rings. The van der Waals surface area contributed by atoms with E-state index in [0.29, 0.717) is 0 Å². The number of fused-ring (bicyclic) bond motifs is 3. The van der Waals surface area contributed by atoms with Gasteiger partial charge in [0.15, 0.2) is 0 Å². The molecule has 4 rings (SSSR count). The van der Waals surface area contributed by atoms with Crippen molar-refractivity contribution in [3.8, 4) is 0 Å². The second-order valence-electron chi connectivity index (χ2n) is 5.61. The first-order valence-electron chi connectivity index (χ1n) is 7.60. The summed E-state index contributed by atoms with van der Waals surface area (Å²) in [7, 11) is 0. The van der Waals surface area contributed by atoms with E-state index in [2.05, 4.69) is 51.8 Å². The van der Waals surface area contributed by atoms with Crippen LogP contribution in [0.3, 0.4) is 0 Å². The van der Waals surface area contributed by atoms with Gasteiger partial charge in [0.25, 0.3) is 0 Å². The molecule has 0 bridgehead atoms. The Bertz CT molecular complexity index is 797. The summed E-state index contributed by atoms with van der Waals surface area (Å²) in [6.07, 6.45) is 2.72. The van der Waals surface area contributed by atoms with Gasteiger partial charge in [-0.1, -0.05) is 30.3 Å². The van der Waals surface area contributed by atoms with Gasteiger partial charge in [-0.3, -0.25) is 0 Å². The predicted octanol–water partition coefficient (Wildman–Crippen LogP) is 3.51. The van der Waals surface area contributed by atoms with Crippen LogP contribution in [0.2, 0.25) is 0 Å². The number of benzene rings is 1. The molecule has 1 aliphatic rings. The number of rotatable bonds is 3. The molecule has 0 radical (unpaired) electrons. The normalized spacial score (nSPS) is 15.5. The van der Waals surface area contributed by atoms with E-state index >= 15 is 0 Å². The summed E-state index contributed by atoms with van der Waals surface area (Å²) < 4.78 is 0. The van der Waals surface area contributed by atoms with Crippen LogP contribution in [0.25, 0.3) is 10.2 Å². The molecule has 0 aliphatic carbocycles. The van der Waals surface area contributed by atoms with Crippen molar-refractivity contribution in [1.82, 2.24) is 15.3 Å². The average Bonchev–Trinajstić information content (AvgIpc) is 2.95. The van der Waals surface area contributed by atoms with Crippen LogP contribution in [0, 0.1) is 0 Å². The average molecular weight is 310 g/mol. The first-order valence-corrected chi connectivity index (χ1v) is 8.42. The Hall–Kier alpha value is -1.98. The summed E-state index contributed by atoms with van der Waals surface area (Å²) in [5, 5.41) is 8.22. The van der Waals surface area contributed by atoms with Crippen molar-refractivity contribution in [1.29, 1.82) is 0 Å². The Kier molecular flexibility index (Phi) is 3.52. The highest BCUT2D eigenvalue weighted by molar-refractivity contribution is 7.18. The summed E-state index contributed by atoms with van der Waals surface area (Å²) in [5.74, 6) is 0.959. The van der Waals surface area contributed by atoms with Gasteiger partial charge in [-0.15, -0.1) is 11.3 Å². The fourth-order valence-electron chi connectivity index (χ4n) is 3.00. The molecule has 3 heterocycles. The van der Waals surface area contributed by atoms with E-state index in [1.165, 1.54) is 21.4 Å². The van der Waals surface area contributed by atoms with Gasteiger partial charge >= 0.3 is 0 Å². The number of hydrogen-bond donors (Lipinski definition) is 2. The highest BCUT2D eigenvalue weighted by Crippen LogP contribution is 2.36. The molecule has 5 heteroatoms. The van der Waals surface area contributed by atoms with Gasteiger partial charge in [-0.25, -0.2) is 9.97 Å². The van der Waals surface area contributed by atoms with Crippen molar-refractivity contribution in [3.05, 3.63) is 52.7 Å². The van der Waals surface area contributed by atoms with Crippen LogP contribution in [-0.4, -0.2) is 16.5 Å². The first kappa shape index (κ1) is 13.7. The Morgan fingerprint density at radius 1 is 1.23 bits per heavy atom. The number of anilines is 1. The molecule has 1 atom stereocenters. The maximum Gasteiger partial charge on any atom is 0.138 e. The molecule has 0 unspecified atom stereocenters. The number of hydrogen-bond acceptors (Lipinski definition) is 5. The second-order valence-corrected chi connectivity index (χ2v) is 6.69. The lowest BCUT2D eigenvalue weighted by Crippen LogP contribution is -2.22. The monoisotopic (exact) mass is 310 g/mol. The molecule has 1 aliphatic heterocycles. The van der Waals surface area contributed by atoms with E-state index in [4.69, 9.17) is 0 Å². The smallest absolute Gasteiger partial charge is 0.138 e. The van der Waals surface area contributed by atoms with Crippen LogP contribution in [0.4, 0.5) is 5.82 Å². The fourth-order valence-corrected chi connectivity index (χ4v) is 4.16. The molecule has 4 nitrogen and oxygen atoms in total. The lowest BCUT2D eigenvalue weighted by Gasteiger charge is -2.17. The lowest BCUT2D eigenvalue weighted by molar-refractivity contribution is 0.657. The van der Waals surface area contributed by atoms with E-state index in [-0.39, 0.29) is 6.04 Å². The minimum absolute atomic E-state index is 0.219. The maximum atomic E-state index is 4.52. The van der Waals surface area contributed by atoms with Crippen molar-refractivity contribution in [2.45, 2.75) is 25.9 Å². The number of aromatic nitrogens is 2. The SMILES string of the molecule is C[C@@H](Nc1ncnc2sc3c(c12)CCNC3)c1ccccc1. The topological polar surface area (TPSA) is 49.8 Å². The van der Waals surface area contributed by atoms with Crippen LogP contribution in [-0.2, 0) is 13.0 Å². The van der Waals surface area contributed by atoms with Gasteiger partial charge in [0.05, 0.1) is 5.39 Å². The molecule has 0 spiro atoms. The third-order valence-corrected chi connectivity index (χ3v) is 5.30. The highest BCUT2D eigenvalue weighted by Gasteiger charge is 2.20.